The van der Waals surface area contributed by atoms with Crippen molar-refractivity contribution >= 4 is 39.0 Å². The van der Waals surface area contributed by atoms with Gasteiger partial charge >= 0.3 is 0 Å². The maximum absolute atomic E-state index is 6.53. The molecule has 2 aliphatic rings. The molecule has 2 aliphatic carbocycles. The van der Waals surface area contributed by atoms with Gasteiger partial charge in [-0.1, -0.05) is 191 Å². The molecule has 2 nitrogen and oxygen atoms in total. The quantitative estimate of drug-likeness (QED) is 0.159. The van der Waals surface area contributed by atoms with E-state index in [-0.39, 0.29) is 10.8 Å². The highest BCUT2D eigenvalue weighted by atomic mass is 16.3. The fourth-order valence-electron chi connectivity index (χ4n) is 11.4. The molecule has 0 fully saturated rings. The van der Waals surface area contributed by atoms with Gasteiger partial charge in [-0.3, -0.25) is 0 Å². The molecule has 0 radical (unpaired) electrons. The van der Waals surface area contributed by atoms with Crippen molar-refractivity contribution in [3.8, 4) is 66.8 Å². The normalized spacial score (nSPS) is 13.8. The molecule has 1 heterocycles. The van der Waals surface area contributed by atoms with Crippen LogP contribution in [0.3, 0.4) is 0 Å². The lowest BCUT2D eigenvalue weighted by molar-refractivity contribution is 0.660. The van der Waals surface area contributed by atoms with Crippen molar-refractivity contribution in [2.45, 2.75) is 38.5 Å². The Hall–Kier alpha value is -8.20. The summed E-state index contributed by atoms with van der Waals surface area (Å²) in [6, 6.07) is 82.5. The third kappa shape index (κ3) is 6.25. The molecule has 2 heteroatoms. The van der Waals surface area contributed by atoms with Gasteiger partial charge in [0.05, 0.1) is 0 Å². The molecule has 0 atom stereocenters. The number of para-hydroxylation sites is 2. The Balaban J connectivity index is 0.915. The predicted octanol–water partition coefficient (Wildman–Crippen LogP) is 18.3. The Morgan fingerprint density at radius 2 is 0.706 bits per heavy atom. The summed E-state index contributed by atoms with van der Waals surface area (Å²) in [6.45, 7) is 9.54. The lowest BCUT2D eigenvalue weighted by Crippen LogP contribution is -2.18. The first kappa shape index (κ1) is 40.1. The molecule has 68 heavy (non-hydrogen) atoms. The second-order valence-electron chi connectivity index (χ2n) is 19.7. The number of hydrogen-bond donors (Lipinski definition) is 0. The summed E-state index contributed by atoms with van der Waals surface area (Å²) in [7, 11) is 0. The minimum atomic E-state index is -0.254. The first-order valence-corrected chi connectivity index (χ1v) is 23.8. The molecule has 0 bridgehead atoms. The molecule has 13 rings (SSSR count). The highest BCUT2D eigenvalue weighted by Crippen LogP contribution is 2.54. The Labute approximate surface area is 398 Å². The van der Waals surface area contributed by atoms with Gasteiger partial charge in [0.25, 0.3) is 0 Å². The molecular formula is C66H49NO. The molecule has 0 aliphatic heterocycles. The van der Waals surface area contributed by atoms with E-state index in [1.165, 1.54) is 83.5 Å². The summed E-state index contributed by atoms with van der Waals surface area (Å²) >= 11 is 0. The van der Waals surface area contributed by atoms with Gasteiger partial charge in [0, 0.05) is 44.2 Å². The van der Waals surface area contributed by atoms with Gasteiger partial charge < -0.3 is 9.32 Å². The van der Waals surface area contributed by atoms with E-state index in [0.717, 1.165) is 44.6 Å². The molecule has 0 N–H and O–H groups in total. The predicted molar refractivity (Wildman–Crippen MR) is 285 cm³/mol. The van der Waals surface area contributed by atoms with Crippen LogP contribution in [0.1, 0.15) is 49.9 Å². The maximum Gasteiger partial charge on any atom is 0.143 e. The highest BCUT2D eigenvalue weighted by Gasteiger charge is 2.38. The van der Waals surface area contributed by atoms with Crippen molar-refractivity contribution in [1.29, 1.82) is 0 Å². The Kier molecular flexibility index (Phi) is 8.95. The van der Waals surface area contributed by atoms with Crippen molar-refractivity contribution in [3.63, 3.8) is 0 Å². The second kappa shape index (κ2) is 15.2. The van der Waals surface area contributed by atoms with E-state index < -0.39 is 0 Å². The summed E-state index contributed by atoms with van der Waals surface area (Å²) < 4.78 is 6.53. The van der Waals surface area contributed by atoms with E-state index >= 15 is 0 Å². The molecule has 10 aromatic carbocycles. The van der Waals surface area contributed by atoms with Gasteiger partial charge in [-0.25, -0.2) is 0 Å². The number of rotatable bonds is 7. The van der Waals surface area contributed by atoms with Crippen LogP contribution in [0.4, 0.5) is 17.1 Å². The largest absolute Gasteiger partial charge is 0.455 e. The topological polar surface area (TPSA) is 16.4 Å². The lowest BCUT2D eigenvalue weighted by atomic mass is 9.81. The first-order valence-electron chi connectivity index (χ1n) is 23.8. The van der Waals surface area contributed by atoms with Crippen molar-refractivity contribution in [2.24, 2.45) is 0 Å². The maximum atomic E-state index is 6.53. The van der Waals surface area contributed by atoms with E-state index in [4.69, 9.17) is 4.42 Å². The molecule has 1 aromatic heterocycles. The van der Waals surface area contributed by atoms with Crippen molar-refractivity contribution in [3.05, 3.63) is 247 Å². The summed E-state index contributed by atoms with van der Waals surface area (Å²) in [5, 5.41) is 2.30. The fraction of sp³-hybridized carbons (Fsp3) is 0.0909. The summed E-state index contributed by atoms with van der Waals surface area (Å²) in [4.78, 5) is 2.46. The van der Waals surface area contributed by atoms with E-state index in [9.17, 15) is 0 Å². The van der Waals surface area contributed by atoms with Crippen LogP contribution in [0.5, 0.6) is 0 Å². The van der Waals surface area contributed by atoms with Crippen molar-refractivity contribution in [2.75, 3.05) is 4.90 Å². The Morgan fingerprint density at radius 3 is 1.31 bits per heavy atom. The molecule has 0 amide bonds. The van der Waals surface area contributed by atoms with Gasteiger partial charge in [-0.05, 0) is 144 Å². The average molecular weight is 872 g/mol. The van der Waals surface area contributed by atoms with Crippen LogP contribution in [-0.2, 0) is 10.8 Å². The van der Waals surface area contributed by atoms with Crippen molar-refractivity contribution in [1.82, 2.24) is 0 Å². The lowest BCUT2D eigenvalue weighted by Gasteiger charge is -2.30. The zero-order valence-electron chi connectivity index (χ0n) is 38.7. The molecule has 0 spiro atoms. The average Bonchev–Trinajstić information content (AvgIpc) is 3.96. The first-order chi connectivity index (χ1) is 33.2. The van der Waals surface area contributed by atoms with Gasteiger partial charge in [-0.2, -0.15) is 0 Å². The van der Waals surface area contributed by atoms with Crippen LogP contribution in [0.2, 0.25) is 0 Å². The monoisotopic (exact) mass is 871 g/mol. The number of benzene rings is 10. The van der Waals surface area contributed by atoms with E-state index in [2.05, 4.69) is 251 Å². The molecule has 11 aromatic rings. The van der Waals surface area contributed by atoms with E-state index in [1.807, 2.05) is 6.07 Å². The second-order valence-corrected chi connectivity index (χ2v) is 19.7. The molecule has 0 unspecified atom stereocenters. The number of hydrogen-bond acceptors (Lipinski definition) is 2. The molecular weight excluding hydrogens is 823 g/mol. The highest BCUT2D eigenvalue weighted by molar-refractivity contribution is 6.09. The molecule has 324 valence electrons. The van der Waals surface area contributed by atoms with Crippen LogP contribution < -0.4 is 4.90 Å². The zero-order chi connectivity index (χ0) is 45.7. The summed E-state index contributed by atoms with van der Waals surface area (Å²) in [6.07, 6.45) is 0. The third-order valence-electron chi connectivity index (χ3n) is 15.1. The summed E-state index contributed by atoms with van der Waals surface area (Å²) in [5.74, 6) is 0. The van der Waals surface area contributed by atoms with Crippen LogP contribution in [0.25, 0.3) is 88.7 Å². The van der Waals surface area contributed by atoms with Gasteiger partial charge in [-0.15, -0.1) is 0 Å². The SMILES string of the molecule is CC1(C)c2cc(-c3ccccc3)ccc2-c2ccc(N(c3ccc(-c4cccc(-c5ccccc5)c4)cc3)c3ccc4c(c3)C(C)(C)c3cc(-c5cccc6c5oc5ccccc56)ccc3-4)cc21. The minimum Gasteiger partial charge on any atom is -0.455 e. The zero-order valence-corrected chi connectivity index (χ0v) is 38.7. The van der Waals surface area contributed by atoms with Gasteiger partial charge in [0.1, 0.15) is 11.2 Å². The van der Waals surface area contributed by atoms with Crippen LogP contribution in [0, 0.1) is 0 Å². The van der Waals surface area contributed by atoms with E-state index in [1.54, 1.807) is 0 Å². The standard InChI is InChI=1S/C66H49NO/c1-65(2)59-38-47(43-17-9-6-10-18-43)27-33-53(59)55-35-31-50(40-61(55)65)67(49-29-25-44(26-30-49)46-20-13-19-45(37-46)42-15-7-5-8-16-42)51-32-36-56-54-34-28-48(39-60(54)66(3,4)62(56)41-51)52-22-14-23-58-57-21-11-12-24-63(57)68-64(52)58/h5-41H,1-4H3. The van der Waals surface area contributed by atoms with Crippen LogP contribution >= 0.6 is 0 Å². The Morgan fingerprint density at radius 1 is 0.294 bits per heavy atom. The number of anilines is 3. The van der Waals surface area contributed by atoms with Gasteiger partial charge in [0.15, 0.2) is 0 Å². The smallest absolute Gasteiger partial charge is 0.143 e. The molecule has 0 saturated carbocycles. The van der Waals surface area contributed by atoms with Crippen LogP contribution in [0.15, 0.2) is 229 Å². The third-order valence-corrected chi connectivity index (χ3v) is 15.1. The van der Waals surface area contributed by atoms with E-state index in [0.29, 0.717) is 0 Å². The van der Waals surface area contributed by atoms with Crippen LogP contribution in [-0.4, -0.2) is 0 Å². The Bertz CT molecular complexity index is 3780. The molecule has 0 saturated heterocycles. The number of nitrogens with zero attached hydrogens (tertiary/aromatic N) is 1. The fourth-order valence-corrected chi connectivity index (χ4v) is 11.4. The van der Waals surface area contributed by atoms with Gasteiger partial charge in [0.2, 0.25) is 0 Å². The number of furan rings is 1. The minimum absolute atomic E-state index is 0.198. The number of fused-ring (bicyclic) bond motifs is 9. The summed E-state index contributed by atoms with van der Waals surface area (Å²) in [5.41, 5.74) is 25.0. The van der Waals surface area contributed by atoms with Crippen molar-refractivity contribution < 1.29 is 4.42 Å².